The molecule has 0 aromatic carbocycles. The third kappa shape index (κ3) is 3.58. The average molecular weight is 252 g/mol. The molecule has 0 radical (unpaired) electrons. The Balaban J connectivity index is 2.03. The lowest BCUT2D eigenvalue weighted by atomic mass is 9.76. The Morgan fingerprint density at radius 1 is 0.889 bits per heavy atom. The second kappa shape index (κ2) is 7.30. The molecule has 1 atom stereocenters. The fourth-order valence-corrected chi connectivity index (χ4v) is 3.45. The molecule has 18 heavy (non-hydrogen) atoms. The summed E-state index contributed by atoms with van der Waals surface area (Å²) in [6.45, 7) is 4.79. The molecule has 0 spiro atoms. The zero-order valence-electron chi connectivity index (χ0n) is 11.7. The smallest absolute Gasteiger partial charge is 0.124 e. The molecule has 1 saturated heterocycles. The van der Waals surface area contributed by atoms with Gasteiger partial charge in [0.05, 0.1) is 6.61 Å². The Kier molecular flexibility index (Phi) is 5.71. The fourth-order valence-electron chi connectivity index (χ4n) is 3.45. The van der Waals surface area contributed by atoms with Gasteiger partial charge in [-0.05, 0) is 31.6 Å². The minimum atomic E-state index is -0.211. The van der Waals surface area contributed by atoms with Crippen molar-refractivity contribution in [1.82, 2.24) is 0 Å². The van der Waals surface area contributed by atoms with Crippen molar-refractivity contribution in [2.24, 2.45) is 5.92 Å². The summed E-state index contributed by atoms with van der Waals surface area (Å²) < 4.78 is 0. The molecule has 0 aromatic rings. The van der Waals surface area contributed by atoms with Gasteiger partial charge in [0.1, 0.15) is 5.60 Å². The topological polar surface area (TPSA) is 18.5 Å². The third-order valence-corrected chi connectivity index (χ3v) is 4.65. The van der Waals surface area contributed by atoms with Crippen molar-refractivity contribution in [2.75, 3.05) is 6.61 Å². The van der Waals surface area contributed by atoms with E-state index in [0.717, 1.165) is 19.4 Å². The highest BCUT2D eigenvalue weighted by atomic mass is 17.2. The van der Waals surface area contributed by atoms with E-state index in [2.05, 4.69) is 6.58 Å². The third-order valence-electron chi connectivity index (χ3n) is 4.65. The SMILES string of the molecule is C=CC1(C2CCCCCCC2)CCCCCOO1. The molecule has 0 amide bonds. The molecule has 2 aliphatic rings. The molecule has 2 rings (SSSR count). The van der Waals surface area contributed by atoms with Crippen molar-refractivity contribution in [3.63, 3.8) is 0 Å². The normalized spacial score (nSPS) is 32.9. The van der Waals surface area contributed by atoms with Crippen LogP contribution in [0.1, 0.15) is 70.6 Å². The van der Waals surface area contributed by atoms with Crippen LogP contribution in [0.25, 0.3) is 0 Å². The van der Waals surface area contributed by atoms with Gasteiger partial charge in [0.15, 0.2) is 0 Å². The van der Waals surface area contributed by atoms with E-state index in [1.54, 1.807) is 0 Å². The molecule has 1 unspecified atom stereocenters. The van der Waals surface area contributed by atoms with Crippen molar-refractivity contribution < 1.29 is 9.78 Å². The first kappa shape index (κ1) is 14.1. The van der Waals surface area contributed by atoms with Gasteiger partial charge in [0, 0.05) is 0 Å². The van der Waals surface area contributed by atoms with E-state index in [9.17, 15) is 0 Å². The van der Waals surface area contributed by atoms with Crippen LogP contribution in [0.2, 0.25) is 0 Å². The zero-order valence-corrected chi connectivity index (χ0v) is 11.7. The zero-order chi connectivity index (χ0) is 12.7. The summed E-state index contributed by atoms with van der Waals surface area (Å²) in [7, 11) is 0. The summed E-state index contributed by atoms with van der Waals surface area (Å²) in [5.74, 6) is 0.605. The first-order chi connectivity index (χ1) is 8.87. The molecule has 2 nitrogen and oxygen atoms in total. The predicted molar refractivity (Wildman–Crippen MR) is 74.2 cm³/mol. The molecular formula is C16H28O2. The van der Waals surface area contributed by atoms with E-state index in [1.807, 2.05) is 6.08 Å². The first-order valence-electron chi connectivity index (χ1n) is 7.82. The Bertz CT molecular complexity index is 233. The second-order valence-corrected chi connectivity index (χ2v) is 5.92. The standard InChI is InChI=1S/C16H28O2/c1-2-16(13-9-6-10-14-17-18-16)15-11-7-4-3-5-8-12-15/h2,15H,1,3-14H2. The molecular weight excluding hydrogens is 224 g/mol. The lowest BCUT2D eigenvalue weighted by Crippen LogP contribution is -2.40. The van der Waals surface area contributed by atoms with Crippen LogP contribution in [0.3, 0.4) is 0 Å². The van der Waals surface area contributed by atoms with Crippen molar-refractivity contribution >= 4 is 0 Å². The minimum absolute atomic E-state index is 0.211. The molecule has 0 N–H and O–H groups in total. The molecule has 1 heterocycles. The van der Waals surface area contributed by atoms with Crippen LogP contribution in [0.15, 0.2) is 12.7 Å². The van der Waals surface area contributed by atoms with Gasteiger partial charge < -0.3 is 0 Å². The van der Waals surface area contributed by atoms with E-state index >= 15 is 0 Å². The second-order valence-electron chi connectivity index (χ2n) is 5.92. The van der Waals surface area contributed by atoms with Gasteiger partial charge in [0.2, 0.25) is 0 Å². The van der Waals surface area contributed by atoms with Crippen LogP contribution in [-0.2, 0) is 9.78 Å². The Hall–Kier alpha value is -0.340. The highest BCUT2D eigenvalue weighted by molar-refractivity contribution is 5.02. The Morgan fingerprint density at radius 3 is 2.28 bits per heavy atom. The van der Waals surface area contributed by atoms with Crippen molar-refractivity contribution in [1.29, 1.82) is 0 Å². The highest BCUT2D eigenvalue weighted by Crippen LogP contribution is 2.39. The van der Waals surface area contributed by atoms with Crippen LogP contribution >= 0.6 is 0 Å². The Morgan fingerprint density at radius 2 is 1.56 bits per heavy atom. The molecule has 104 valence electrons. The monoisotopic (exact) mass is 252 g/mol. The van der Waals surface area contributed by atoms with Gasteiger partial charge in [-0.1, -0.05) is 51.0 Å². The van der Waals surface area contributed by atoms with Gasteiger partial charge in [-0.2, -0.15) is 0 Å². The molecule has 1 aliphatic heterocycles. The highest BCUT2D eigenvalue weighted by Gasteiger charge is 2.38. The van der Waals surface area contributed by atoms with Crippen molar-refractivity contribution in [2.45, 2.75) is 76.2 Å². The van der Waals surface area contributed by atoms with Crippen LogP contribution in [-0.4, -0.2) is 12.2 Å². The van der Waals surface area contributed by atoms with Crippen LogP contribution in [0.4, 0.5) is 0 Å². The summed E-state index contributed by atoms with van der Waals surface area (Å²) in [6.07, 6.45) is 16.1. The molecule has 1 aliphatic carbocycles. The minimum Gasteiger partial charge on any atom is -0.236 e. The van der Waals surface area contributed by atoms with Crippen LogP contribution in [0, 0.1) is 5.92 Å². The van der Waals surface area contributed by atoms with Gasteiger partial charge in [-0.25, -0.2) is 9.78 Å². The molecule has 2 fully saturated rings. The number of hydrogen-bond acceptors (Lipinski definition) is 2. The maximum Gasteiger partial charge on any atom is 0.124 e. The molecule has 0 aromatic heterocycles. The van der Waals surface area contributed by atoms with Gasteiger partial charge in [-0.3, -0.25) is 0 Å². The summed E-state index contributed by atoms with van der Waals surface area (Å²) in [5, 5.41) is 0. The number of hydrogen-bond donors (Lipinski definition) is 0. The Labute approximate surface area is 112 Å². The summed E-state index contributed by atoms with van der Waals surface area (Å²) in [6, 6.07) is 0. The fraction of sp³-hybridized carbons (Fsp3) is 0.875. The van der Waals surface area contributed by atoms with Crippen LogP contribution < -0.4 is 0 Å². The predicted octanol–water partition coefficient (Wildman–Crippen LogP) is 4.79. The van der Waals surface area contributed by atoms with E-state index < -0.39 is 0 Å². The largest absolute Gasteiger partial charge is 0.236 e. The van der Waals surface area contributed by atoms with Crippen LogP contribution in [0.5, 0.6) is 0 Å². The van der Waals surface area contributed by atoms with Gasteiger partial charge >= 0.3 is 0 Å². The van der Waals surface area contributed by atoms with Crippen molar-refractivity contribution in [3.05, 3.63) is 12.7 Å². The molecule has 0 bridgehead atoms. The van der Waals surface area contributed by atoms with E-state index in [-0.39, 0.29) is 5.60 Å². The summed E-state index contributed by atoms with van der Waals surface area (Å²) >= 11 is 0. The quantitative estimate of drug-likeness (QED) is 0.519. The van der Waals surface area contributed by atoms with Gasteiger partial charge in [0.25, 0.3) is 0 Å². The lowest BCUT2D eigenvalue weighted by Gasteiger charge is -2.39. The molecule has 1 saturated carbocycles. The number of rotatable bonds is 2. The first-order valence-corrected chi connectivity index (χ1v) is 7.82. The van der Waals surface area contributed by atoms with E-state index in [1.165, 1.54) is 57.8 Å². The summed E-state index contributed by atoms with van der Waals surface area (Å²) in [4.78, 5) is 11.3. The summed E-state index contributed by atoms with van der Waals surface area (Å²) in [5.41, 5.74) is -0.211. The van der Waals surface area contributed by atoms with Gasteiger partial charge in [-0.15, -0.1) is 6.58 Å². The van der Waals surface area contributed by atoms with Crippen molar-refractivity contribution in [3.8, 4) is 0 Å². The maximum absolute atomic E-state index is 5.84. The lowest BCUT2D eigenvalue weighted by molar-refractivity contribution is -0.366. The molecule has 2 heteroatoms. The van der Waals surface area contributed by atoms with E-state index in [0.29, 0.717) is 5.92 Å². The maximum atomic E-state index is 5.84. The van der Waals surface area contributed by atoms with E-state index in [4.69, 9.17) is 9.78 Å². The average Bonchev–Trinajstić information content (AvgIpc) is 2.30.